The Balaban J connectivity index is 1.92. The van der Waals surface area contributed by atoms with Crippen LogP contribution in [0.1, 0.15) is 24.4 Å². The van der Waals surface area contributed by atoms with Gasteiger partial charge in [0.1, 0.15) is 0 Å². The summed E-state index contributed by atoms with van der Waals surface area (Å²) in [6.45, 7) is 0.600. The Bertz CT molecular complexity index is 534. The fourth-order valence-electron chi connectivity index (χ4n) is 3.10. The number of carbonyl (C=O) groups is 1. The third kappa shape index (κ3) is 1.56. The first-order chi connectivity index (χ1) is 9.06. The molecule has 2 saturated heterocycles. The van der Waals surface area contributed by atoms with Crippen molar-refractivity contribution in [3.8, 4) is 0 Å². The highest BCUT2D eigenvalue weighted by Crippen LogP contribution is 2.50. The van der Waals surface area contributed by atoms with E-state index in [-0.39, 0.29) is 17.6 Å². The van der Waals surface area contributed by atoms with Gasteiger partial charge in [0, 0.05) is 25.8 Å². The highest BCUT2D eigenvalue weighted by Gasteiger charge is 2.62. The molecule has 0 radical (unpaired) electrons. The number of likely N-dealkylation sites (tertiary alicyclic amines) is 1. The Morgan fingerprint density at radius 2 is 2.11 bits per heavy atom. The SMILES string of the molecule is CN1C(=O)[C@]2(CCCO2)[C@@H]1c1ccc([N+](=O)[O-])cc1. The number of hydrogen-bond donors (Lipinski definition) is 0. The summed E-state index contributed by atoms with van der Waals surface area (Å²) in [6.07, 6.45) is 1.60. The van der Waals surface area contributed by atoms with E-state index in [1.807, 2.05) is 0 Å². The monoisotopic (exact) mass is 262 g/mol. The van der Waals surface area contributed by atoms with Crippen molar-refractivity contribution in [2.45, 2.75) is 24.5 Å². The molecule has 0 aliphatic carbocycles. The highest BCUT2D eigenvalue weighted by molar-refractivity contribution is 5.93. The van der Waals surface area contributed by atoms with Gasteiger partial charge in [0.15, 0.2) is 5.60 Å². The third-order valence-electron chi connectivity index (χ3n) is 3.98. The molecule has 0 aromatic heterocycles. The van der Waals surface area contributed by atoms with Gasteiger partial charge in [-0.3, -0.25) is 14.9 Å². The summed E-state index contributed by atoms with van der Waals surface area (Å²) in [6, 6.07) is 6.21. The van der Waals surface area contributed by atoms with Crippen molar-refractivity contribution in [2.75, 3.05) is 13.7 Å². The molecule has 2 aliphatic rings. The second kappa shape index (κ2) is 4.03. The van der Waals surface area contributed by atoms with Crippen LogP contribution < -0.4 is 0 Å². The van der Waals surface area contributed by atoms with Crippen LogP contribution in [0.4, 0.5) is 5.69 Å². The summed E-state index contributed by atoms with van der Waals surface area (Å²) in [4.78, 5) is 23.9. The van der Waals surface area contributed by atoms with Crippen LogP contribution in [-0.4, -0.2) is 35.0 Å². The summed E-state index contributed by atoms with van der Waals surface area (Å²) in [5.74, 6) is 0.00773. The van der Waals surface area contributed by atoms with Crippen LogP contribution in [0.15, 0.2) is 24.3 Å². The van der Waals surface area contributed by atoms with Crippen molar-refractivity contribution in [3.63, 3.8) is 0 Å². The molecule has 0 saturated carbocycles. The van der Waals surface area contributed by atoms with E-state index < -0.39 is 10.5 Å². The normalized spacial score (nSPS) is 29.6. The predicted octanol–water partition coefficient (Wildman–Crippen LogP) is 1.66. The number of ether oxygens (including phenoxy) is 1. The van der Waals surface area contributed by atoms with Gasteiger partial charge in [-0.05, 0) is 18.4 Å². The standard InChI is InChI=1S/C13H14N2O4/c1-14-11(13(12(14)16)7-2-8-19-13)9-3-5-10(6-4-9)15(17)18/h3-6,11H,2,7-8H2,1H3/t11-,13-/m0/s1. The van der Waals surface area contributed by atoms with Gasteiger partial charge in [-0.1, -0.05) is 12.1 Å². The lowest BCUT2D eigenvalue weighted by molar-refractivity contribution is -0.384. The number of non-ortho nitro benzene ring substituents is 1. The van der Waals surface area contributed by atoms with Crippen molar-refractivity contribution in [2.24, 2.45) is 0 Å². The quantitative estimate of drug-likeness (QED) is 0.461. The number of nitro benzene ring substituents is 1. The van der Waals surface area contributed by atoms with Gasteiger partial charge < -0.3 is 9.64 Å². The Morgan fingerprint density at radius 1 is 1.42 bits per heavy atom. The van der Waals surface area contributed by atoms with Gasteiger partial charge in [0.2, 0.25) is 0 Å². The molecule has 1 aromatic rings. The number of hydrogen-bond acceptors (Lipinski definition) is 4. The lowest BCUT2D eigenvalue weighted by Crippen LogP contribution is -2.66. The number of β-lactam (4-membered cyclic amide) rings is 1. The fourth-order valence-corrected chi connectivity index (χ4v) is 3.10. The number of nitro groups is 1. The van der Waals surface area contributed by atoms with Crippen LogP contribution in [0.25, 0.3) is 0 Å². The van der Waals surface area contributed by atoms with Crippen LogP contribution in [0.2, 0.25) is 0 Å². The van der Waals surface area contributed by atoms with Gasteiger partial charge in [0.25, 0.3) is 11.6 Å². The van der Waals surface area contributed by atoms with E-state index in [1.165, 1.54) is 12.1 Å². The second-order valence-corrected chi connectivity index (χ2v) is 5.01. The molecule has 1 spiro atoms. The average molecular weight is 262 g/mol. The largest absolute Gasteiger partial charge is 0.363 e. The molecule has 3 rings (SSSR count). The van der Waals surface area contributed by atoms with Gasteiger partial charge >= 0.3 is 0 Å². The molecule has 0 N–H and O–H groups in total. The first kappa shape index (κ1) is 12.1. The zero-order valence-corrected chi connectivity index (χ0v) is 10.5. The highest BCUT2D eigenvalue weighted by atomic mass is 16.6. The maximum atomic E-state index is 12.0. The van der Waals surface area contributed by atoms with Gasteiger partial charge in [-0.2, -0.15) is 0 Å². The van der Waals surface area contributed by atoms with Crippen LogP contribution >= 0.6 is 0 Å². The molecule has 6 nitrogen and oxygen atoms in total. The Labute approximate surface area is 110 Å². The fraction of sp³-hybridized carbons (Fsp3) is 0.462. The van der Waals surface area contributed by atoms with Crippen LogP contribution in [-0.2, 0) is 9.53 Å². The van der Waals surface area contributed by atoms with Crippen LogP contribution in [0.5, 0.6) is 0 Å². The molecule has 19 heavy (non-hydrogen) atoms. The van der Waals surface area contributed by atoms with E-state index in [9.17, 15) is 14.9 Å². The Morgan fingerprint density at radius 3 is 2.63 bits per heavy atom. The number of benzene rings is 1. The maximum absolute atomic E-state index is 12.0. The molecule has 2 atom stereocenters. The van der Waals surface area contributed by atoms with Gasteiger partial charge in [0.05, 0.1) is 11.0 Å². The summed E-state index contributed by atoms with van der Waals surface area (Å²) in [5, 5.41) is 10.6. The zero-order chi connectivity index (χ0) is 13.6. The van der Waals surface area contributed by atoms with E-state index in [0.717, 1.165) is 18.4 Å². The van der Waals surface area contributed by atoms with Crippen molar-refractivity contribution in [1.29, 1.82) is 0 Å². The molecular formula is C13H14N2O4. The van der Waals surface area contributed by atoms with E-state index >= 15 is 0 Å². The maximum Gasteiger partial charge on any atom is 0.269 e. The molecule has 1 aromatic carbocycles. The number of rotatable bonds is 2. The second-order valence-electron chi connectivity index (χ2n) is 5.01. The zero-order valence-electron chi connectivity index (χ0n) is 10.5. The predicted molar refractivity (Wildman–Crippen MR) is 66.5 cm³/mol. The van der Waals surface area contributed by atoms with Gasteiger partial charge in [-0.25, -0.2) is 0 Å². The Hall–Kier alpha value is -1.95. The minimum atomic E-state index is -0.731. The van der Waals surface area contributed by atoms with Crippen molar-refractivity contribution in [3.05, 3.63) is 39.9 Å². The molecule has 0 unspecified atom stereocenters. The minimum Gasteiger partial charge on any atom is -0.363 e. The van der Waals surface area contributed by atoms with Crippen LogP contribution in [0, 0.1) is 10.1 Å². The minimum absolute atomic E-state index is 0.00773. The lowest BCUT2D eigenvalue weighted by atomic mass is 9.76. The average Bonchev–Trinajstić information content (AvgIpc) is 2.91. The van der Waals surface area contributed by atoms with E-state index in [0.29, 0.717) is 6.61 Å². The summed E-state index contributed by atoms with van der Waals surface area (Å²) < 4.78 is 5.68. The molecule has 2 heterocycles. The molecule has 1 amide bonds. The molecule has 2 aliphatic heterocycles. The molecule has 0 bridgehead atoms. The number of nitrogens with zero attached hydrogens (tertiary/aromatic N) is 2. The number of carbonyl (C=O) groups excluding carboxylic acids is 1. The first-order valence-corrected chi connectivity index (χ1v) is 6.22. The topological polar surface area (TPSA) is 72.7 Å². The number of likely N-dealkylation sites (N-methyl/N-ethyl adjacent to an activating group) is 1. The smallest absolute Gasteiger partial charge is 0.269 e. The van der Waals surface area contributed by atoms with E-state index in [4.69, 9.17) is 4.74 Å². The lowest BCUT2D eigenvalue weighted by Gasteiger charge is -2.52. The molecular weight excluding hydrogens is 248 g/mol. The molecule has 6 heteroatoms. The van der Waals surface area contributed by atoms with Crippen molar-refractivity contribution >= 4 is 11.6 Å². The summed E-state index contributed by atoms with van der Waals surface area (Å²) in [7, 11) is 1.74. The molecule has 2 fully saturated rings. The summed E-state index contributed by atoms with van der Waals surface area (Å²) >= 11 is 0. The van der Waals surface area contributed by atoms with Crippen molar-refractivity contribution in [1.82, 2.24) is 4.90 Å². The van der Waals surface area contributed by atoms with E-state index in [2.05, 4.69) is 0 Å². The molecule has 100 valence electrons. The third-order valence-corrected chi connectivity index (χ3v) is 3.98. The van der Waals surface area contributed by atoms with Crippen LogP contribution in [0.3, 0.4) is 0 Å². The van der Waals surface area contributed by atoms with Crippen molar-refractivity contribution < 1.29 is 14.5 Å². The summed E-state index contributed by atoms with van der Waals surface area (Å²) in [5.41, 5.74) is 0.207. The van der Waals surface area contributed by atoms with E-state index in [1.54, 1.807) is 24.1 Å². The number of amides is 1. The first-order valence-electron chi connectivity index (χ1n) is 6.22. The Kier molecular flexibility index (Phi) is 2.56. The van der Waals surface area contributed by atoms with Gasteiger partial charge in [-0.15, -0.1) is 0 Å².